The molecule has 1 aromatic rings. The Balaban J connectivity index is 1.48. The van der Waals surface area contributed by atoms with E-state index in [0.717, 1.165) is 24.9 Å². The molecule has 0 bridgehead atoms. The smallest absolute Gasteiger partial charge is 0.321 e. The second kappa shape index (κ2) is 7.31. The van der Waals surface area contributed by atoms with Crippen LogP contribution >= 0.6 is 0 Å². The Bertz CT molecular complexity index is 612. The molecule has 0 radical (unpaired) electrons. The number of urea groups is 2. The third-order valence-electron chi connectivity index (χ3n) is 4.93. The van der Waals surface area contributed by atoms with E-state index in [1.807, 2.05) is 35.2 Å². The highest BCUT2D eigenvalue weighted by molar-refractivity contribution is 5.89. The average Bonchev–Trinajstić information content (AvgIpc) is 2.98. The Morgan fingerprint density at radius 2 is 1.88 bits per heavy atom. The van der Waals surface area contributed by atoms with Gasteiger partial charge in [-0.1, -0.05) is 18.2 Å². The van der Waals surface area contributed by atoms with Crippen LogP contribution in [0.15, 0.2) is 30.3 Å². The molecule has 2 N–H and O–H groups in total. The van der Waals surface area contributed by atoms with E-state index >= 15 is 0 Å². The Morgan fingerprint density at radius 3 is 2.52 bits per heavy atom. The average molecular weight is 346 g/mol. The molecule has 3 rings (SSSR count). The number of hydrogen-bond donors (Lipinski definition) is 2. The monoisotopic (exact) mass is 346 g/mol. The molecule has 1 spiro atoms. The first-order chi connectivity index (χ1) is 12.0. The molecular formula is C18H26N4O3. The zero-order valence-corrected chi connectivity index (χ0v) is 14.8. The van der Waals surface area contributed by atoms with E-state index in [1.165, 1.54) is 4.90 Å². The SMILES string of the molecule is CN(C)C(=O)N[C@H]1COC2(CCN(C(=O)Nc3ccccc3)CC2)C1. The van der Waals surface area contributed by atoms with E-state index in [0.29, 0.717) is 19.7 Å². The van der Waals surface area contributed by atoms with Gasteiger partial charge in [0.2, 0.25) is 0 Å². The van der Waals surface area contributed by atoms with Crippen LogP contribution in [0.25, 0.3) is 0 Å². The third kappa shape index (κ3) is 4.22. The molecule has 136 valence electrons. The first-order valence-electron chi connectivity index (χ1n) is 8.70. The maximum absolute atomic E-state index is 12.4. The van der Waals surface area contributed by atoms with Crippen LogP contribution in [-0.4, -0.2) is 67.3 Å². The normalized spacial score (nSPS) is 21.8. The van der Waals surface area contributed by atoms with E-state index in [4.69, 9.17) is 4.74 Å². The molecule has 1 aromatic carbocycles. The van der Waals surface area contributed by atoms with Crippen LogP contribution in [0.4, 0.5) is 15.3 Å². The number of carbonyl (C=O) groups is 2. The first-order valence-corrected chi connectivity index (χ1v) is 8.70. The van der Waals surface area contributed by atoms with Crippen molar-refractivity contribution in [2.75, 3.05) is 39.1 Å². The van der Waals surface area contributed by atoms with Gasteiger partial charge in [0.1, 0.15) is 0 Å². The Hall–Kier alpha value is -2.28. The van der Waals surface area contributed by atoms with Crippen LogP contribution in [0.5, 0.6) is 0 Å². The molecule has 0 unspecified atom stereocenters. The van der Waals surface area contributed by atoms with E-state index in [1.54, 1.807) is 14.1 Å². The number of nitrogens with zero attached hydrogens (tertiary/aromatic N) is 2. The number of piperidine rings is 1. The fourth-order valence-electron chi connectivity index (χ4n) is 3.43. The van der Waals surface area contributed by atoms with Crippen molar-refractivity contribution in [3.63, 3.8) is 0 Å². The van der Waals surface area contributed by atoms with Gasteiger partial charge in [-0.2, -0.15) is 0 Å². The van der Waals surface area contributed by atoms with Crippen molar-refractivity contribution in [2.24, 2.45) is 0 Å². The molecule has 0 aromatic heterocycles. The summed E-state index contributed by atoms with van der Waals surface area (Å²) in [6, 6.07) is 9.35. The lowest BCUT2D eigenvalue weighted by atomic mass is 9.87. The maximum atomic E-state index is 12.4. The van der Waals surface area contributed by atoms with Crippen LogP contribution in [0.2, 0.25) is 0 Å². The summed E-state index contributed by atoms with van der Waals surface area (Å²) in [6.07, 6.45) is 2.40. The number of benzene rings is 1. The molecule has 4 amide bonds. The predicted molar refractivity (Wildman–Crippen MR) is 95.6 cm³/mol. The fraction of sp³-hybridized carbons (Fsp3) is 0.556. The third-order valence-corrected chi connectivity index (χ3v) is 4.93. The highest BCUT2D eigenvalue weighted by Crippen LogP contribution is 2.36. The number of para-hydroxylation sites is 1. The van der Waals surface area contributed by atoms with Crippen LogP contribution in [0, 0.1) is 0 Å². The maximum Gasteiger partial charge on any atom is 0.321 e. The van der Waals surface area contributed by atoms with Gasteiger partial charge in [0.05, 0.1) is 18.2 Å². The second-order valence-corrected chi connectivity index (χ2v) is 7.02. The summed E-state index contributed by atoms with van der Waals surface area (Å²) in [5.41, 5.74) is 0.588. The Morgan fingerprint density at radius 1 is 1.20 bits per heavy atom. The van der Waals surface area contributed by atoms with Crippen molar-refractivity contribution in [3.05, 3.63) is 30.3 Å². The molecular weight excluding hydrogens is 320 g/mol. The zero-order chi connectivity index (χ0) is 17.9. The Kier molecular flexibility index (Phi) is 5.13. The minimum absolute atomic E-state index is 0.0413. The molecule has 2 aliphatic rings. The minimum Gasteiger partial charge on any atom is -0.373 e. The van der Waals surface area contributed by atoms with Gasteiger partial charge in [-0.25, -0.2) is 9.59 Å². The number of amides is 4. The molecule has 1 atom stereocenters. The molecule has 2 aliphatic heterocycles. The minimum atomic E-state index is -0.214. The number of hydrogen-bond acceptors (Lipinski definition) is 3. The summed E-state index contributed by atoms with van der Waals surface area (Å²) in [5.74, 6) is 0. The molecule has 2 saturated heterocycles. The van der Waals surface area contributed by atoms with Gasteiger partial charge in [0.25, 0.3) is 0 Å². The molecule has 7 nitrogen and oxygen atoms in total. The Labute approximate surface area is 148 Å². The lowest BCUT2D eigenvalue weighted by molar-refractivity contribution is -0.0355. The topological polar surface area (TPSA) is 73.9 Å². The largest absolute Gasteiger partial charge is 0.373 e. The van der Waals surface area contributed by atoms with Crippen molar-refractivity contribution in [3.8, 4) is 0 Å². The molecule has 2 heterocycles. The van der Waals surface area contributed by atoms with E-state index in [2.05, 4.69) is 10.6 Å². The van der Waals surface area contributed by atoms with Crippen molar-refractivity contribution < 1.29 is 14.3 Å². The molecule has 0 aliphatic carbocycles. The summed E-state index contributed by atoms with van der Waals surface area (Å²) in [4.78, 5) is 27.5. The summed E-state index contributed by atoms with van der Waals surface area (Å²) < 4.78 is 6.03. The quantitative estimate of drug-likeness (QED) is 0.861. The van der Waals surface area contributed by atoms with E-state index in [9.17, 15) is 9.59 Å². The van der Waals surface area contributed by atoms with Crippen LogP contribution in [-0.2, 0) is 4.74 Å². The van der Waals surface area contributed by atoms with E-state index < -0.39 is 0 Å². The second-order valence-electron chi connectivity index (χ2n) is 7.02. The number of nitrogens with one attached hydrogen (secondary N) is 2. The molecule has 7 heteroatoms. The highest BCUT2D eigenvalue weighted by Gasteiger charge is 2.43. The van der Waals surface area contributed by atoms with Crippen LogP contribution < -0.4 is 10.6 Å². The van der Waals surface area contributed by atoms with Crippen LogP contribution in [0.1, 0.15) is 19.3 Å². The first kappa shape index (κ1) is 17.5. The zero-order valence-electron chi connectivity index (χ0n) is 14.8. The summed E-state index contributed by atoms with van der Waals surface area (Å²) in [6.45, 7) is 1.86. The molecule has 2 fully saturated rings. The van der Waals surface area contributed by atoms with Crippen molar-refractivity contribution in [1.82, 2.24) is 15.1 Å². The number of anilines is 1. The fourth-order valence-corrected chi connectivity index (χ4v) is 3.43. The summed E-state index contributed by atoms with van der Waals surface area (Å²) >= 11 is 0. The number of likely N-dealkylation sites (tertiary alicyclic amines) is 1. The number of rotatable bonds is 2. The van der Waals surface area contributed by atoms with Gasteiger partial charge in [0, 0.05) is 32.9 Å². The van der Waals surface area contributed by atoms with Crippen molar-refractivity contribution >= 4 is 17.7 Å². The van der Waals surface area contributed by atoms with Gasteiger partial charge in [-0.15, -0.1) is 0 Å². The molecule has 0 saturated carbocycles. The highest BCUT2D eigenvalue weighted by atomic mass is 16.5. The predicted octanol–water partition coefficient (Wildman–Crippen LogP) is 2.11. The van der Waals surface area contributed by atoms with Gasteiger partial charge in [0.15, 0.2) is 0 Å². The van der Waals surface area contributed by atoms with Gasteiger partial charge < -0.3 is 25.2 Å². The van der Waals surface area contributed by atoms with Crippen molar-refractivity contribution in [1.29, 1.82) is 0 Å². The lowest BCUT2D eigenvalue weighted by Crippen LogP contribution is -2.48. The number of carbonyl (C=O) groups excluding carboxylic acids is 2. The number of ether oxygens (including phenoxy) is 1. The van der Waals surface area contributed by atoms with Crippen molar-refractivity contribution in [2.45, 2.75) is 30.9 Å². The van der Waals surface area contributed by atoms with Gasteiger partial charge in [-0.3, -0.25) is 0 Å². The standard InChI is InChI=1S/C18H26N4O3/c1-21(2)16(23)20-15-12-18(25-13-15)8-10-22(11-9-18)17(24)19-14-6-4-3-5-7-14/h3-7,15H,8-13H2,1-2H3,(H,19,24)(H,20,23)/t15-/m1/s1. The summed E-state index contributed by atoms with van der Waals surface area (Å²) in [5, 5.41) is 5.91. The van der Waals surface area contributed by atoms with Gasteiger partial charge >= 0.3 is 12.1 Å². The molecule has 25 heavy (non-hydrogen) atoms. The van der Waals surface area contributed by atoms with Gasteiger partial charge in [-0.05, 0) is 31.4 Å². The van der Waals surface area contributed by atoms with Crippen LogP contribution in [0.3, 0.4) is 0 Å². The van der Waals surface area contributed by atoms with E-state index in [-0.39, 0.29) is 23.7 Å². The summed E-state index contributed by atoms with van der Waals surface area (Å²) in [7, 11) is 3.45. The lowest BCUT2D eigenvalue weighted by Gasteiger charge is -2.38.